The van der Waals surface area contributed by atoms with E-state index in [9.17, 15) is 4.39 Å². The molecule has 3 rings (SSSR count). The van der Waals surface area contributed by atoms with Crippen LogP contribution in [0.5, 0.6) is 0 Å². The molecule has 0 atom stereocenters. The molecule has 2 aromatic carbocycles. The third kappa shape index (κ3) is 2.61. The molecular formula is C17H14ClFN2. The third-order valence-electron chi connectivity index (χ3n) is 3.32. The van der Waals surface area contributed by atoms with Crippen molar-refractivity contribution in [2.24, 2.45) is 0 Å². The normalized spacial score (nSPS) is 11.3. The molecule has 0 radical (unpaired) electrons. The summed E-state index contributed by atoms with van der Waals surface area (Å²) in [5.74, 6) is -0.119. The topological polar surface area (TPSA) is 25.8 Å². The van der Waals surface area contributed by atoms with E-state index in [1.165, 1.54) is 12.1 Å². The van der Waals surface area contributed by atoms with Gasteiger partial charge in [0.05, 0.1) is 21.9 Å². The first-order chi connectivity index (χ1) is 10.1. The van der Waals surface area contributed by atoms with Crippen molar-refractivity contribution in [1.29, 1.82) is 0 Å². The molecule has 0 saturated heterocycles. The van der Waals surface area contributed by atoms with Crippen LogP contribution in [0.25, 0.3) is 22.3 Å². The van der Waals surface area contributed by atoms with E-state index in [4.69, 9.17) is 11.6 Å². The molecule has 0 bridgehead atoms. The second kappa shape index (κ2) is 5.41. The molecule has 0 amide bonds. The van der Waals surface area contributed by atoms with Crippen LogP contribution in [0.3, 0.4) is 0 Å². The first kappa shape index (κ1) is 14.0. The first-order valence-electron chi connectivity index (χ1n) is 6.78. The first-order valence-corrected chi connectivity index (χ1v) is 7.16. The smallest absolute Gasteiger partial charge is 0.123 e. The molecule has 4 heteroatoms. The maximum Gasteiger partial charge on any atom is 0.123 e. The molecule has 2 nitrogen and oxygen atoms in total. The van der Waals surface area contributed by atoms with Crippen molar-refractivity contribution < 1.29 is 4.39 Å². The molecule has 1 heterocycles. The standard InChI is InChI=1S/C17H14ClFN2/c1-10(2)15-16(11-5-3-6-12(19)9-11)20-14-8-4-7-13(18)17(14)21-15/h3-10H,1-2H3. The molecule has 106 valence electrons. The maximum absolute atomic E-state index is 13.5. The van der Waals surface area contributed by atoms with Gasteiger partial charge in [-0.05, 0) is 30.2 Å². The molecule has 0 aliphatic heterocycles. The number of para-hydroxylation sites is 1. The van der Waals surface area contributed by atoms with E-state index in [1.807, 2.05) is 32.0 Å². The number of benzene rings is 2. The Labute approximate surface area is 127 Å². The van der Waals surface area contributed by atoms with Crippen LogP contribution in [0.15, 0.2) is 42.5 Å². The quantitative estimate of drug-likeness (QED) is 0.649. The van der Waals surface area contributed by atoms with E-state index in [-0.39, 0.29) is 11.7 Å². The lowest BCUT2D eigenvalue weighted by Crippen LogP contribution is -2.01. The van der Waals surface area contributed by atoms with Gasteiger partial charge < -0.3 is 0 Å². The average molecular weight is 301 g/mol. The van der Waals surface area contributed by atoms with Gasteiger partial charge in [-0.1, -0.05) is 43.6 Å². The van der Waals surface area contributed by atoms with E-state index < -0.39 is 0 Å². The fourth-order valence-electron chi connectivity index (χ4n) is 2.31. The zero-order chi connectivity index (χ0) is 15.0. The van der Waals surface area contributed by atoms with Gasteiger partial charge in [0.2, 0.25) is 0 Å². The van der Waals surface area contributed by atoms with Crippen LogP contribution in [0.1, 0.15) is 25.5 Å². The summed E-state index contributed by atoms with van der Waals surface area (Å²) in [7, 11) is 0. The fourth-order valence-corrected chi connectivity index (χ4v) is 2.52. The highest BCUT2D eigenvalue weighted by Gasteiger charge is 2.15. The van der Waals surface area contributed by atoms with Crippen molar-refractivity contribution in [3.8, 4) is 11.3 Å². The Balaban J connectivity index is 2.33. The Bertz CT molecular complexity index is 815. The number of aromatic nitrogens is 2. The summed E-state index contributed by atoms with van der Waals surface area (Å²) in [5.41, 5.74) is 3.66. The number of halogens is 2. The summed E-state index contributed by atoms with van der Waals surface area (Å²) in [6, 6.07) is 11.9. The molecule has 0 spiro atoms. The molecule has 3 aromatic rings. The van der Waals surface area contributed by atoms with Gasteiger partial charge in [-0.3, -0.25) is 0 Å². The lowest BCUT2D eigenvalue weighted by atomic mass is 10.0. The van der Waals surface area contributed by atoms with Crippen LogP contribution in [-0.4, -0.2) is 9.97 Å². The summed E-state index contributed by atoms with van der Waals surface area (Å²) in [5, 5.41) is 0.577. The Morgan fingerprint density at radius 3 is 2.52 bits per heavy atom. The minimum absolute atomic E-state index is 0.163. The van der Waals surface area contributed by atoms with E-state index in [0.717, 1.165) is 11.3 Å². The van der Waals surface area contributed by atoms with Gasteiger partial charge in [0.1, 0.15) is 11.3 Å². The molecule has 0 N–H and O–H groups in total. The van der Waals surface area contributed by atoms with Crippen molar-refractivity contribution >= 4 is 22.6 Å². The Morgan fingerprint density at radius 2 is 1.81 bits per heavy atom. The van der Waals surface area contributed by atoms with E-state index in [2.05, 4.69) is 9.97 Å². The lowest BCUT2D eigenvalue weighted by Gasteiger charge is -2.13. The fraction of sp³-hybridized carbons (Fsp3) is 0.176. The van der Waals surface area contributed by atoms with Crippen LogP contribution in [0.4, 0.5) is 4.39 Å². The monoisotopic (exact) mass is 300 g/mol. The van der Waals surface area contributed by atoms with Crippen molar-refractivity contribution in [1.82, 2.24) is 9.97 Å². The van der Waals surface area contributed by atoms with Gasteiger partial charge in [0.15, 0.2) is 0 Å². The predicted molar refractivity (Wildman–Crippen MR) is 84.0 cm³/mol. The molecule has 0 fully saturated rings. The van der Waals surface area contributed by atoms with E-state index in [1.54, 1.807) is 12.1 Å². The summed E-state index contributed by atoms with van der Waals surface area (Å²) >= 11 is 6.19. The molecule has 0 aliphatic carbocycles. The highest BCUT2D eigenvalue weighted by atomic mass is 35.5. The summed E-state index contributed by atoms with van der Waals surface area (Å²) in [6.07, 6.45) is 0. The second-order valence-corrected chi connectivity index (χ2v) is 5.64. The summed E-state index contributed by atoms with van der Waals surface area (Å²) < 4.78 is 13.5. The minimum atomic E-state index is -0.282. The third-order valence-corrected chi connectivity index (χ3v) is 3.62. The minimum Gasteiger partial charge on any atom is -0.247 e. The number of nitrogens with zero attached hydrogens (tertiary/aromatic N) is 2. The molecular weight excluding hydrogens is 287 g/mol. The summed E-state index contributed by atoms with van der Waals surface area (Å²) in [6.45, 7) is 4.07. The Kier molecular flexibility index (Phi) is 3.60. The number of rotatable bonds is 2. The van der Waals surface area contributed by atoms with Gasteiger partial charge in [-0.2, -0.15) is 0 Å². The van der Waals surface area contributed by atoms with Gasteiger partial charge in [0, 0.05) is 5.56 Å². The number of fused-ring (bicyclic) bond motifs is 1. The van der Waals surface area contributed by atoms with Crippen LogP contribution >= 0.6 is 11.6 Å². The SMILES string of the molecule is CC(C)c1nc2c(Cl)cccc2nc1-c1cccc(F)c1. The largest absolute Gasteiger partial charge is 0.247 e. The zero-order valence-electron chi connectivity index (χ0n) is 11.8. The molecule has 21 heavy (non-hydrogen) atoms. The average Bonchev–Trinajstić information content (AvgIpc) is 2.46. The van der Waals surface area contributed by atoms with E-state index in [0.29, 0.717) is 21.7 Å². The van der Waals surface area contributed by atoms with Crippen LogP contribution in [-0.2, 0) is 0 Å². The number of hydrogen-bond donors (Lipinski definition) is 0. The zero-order valence-corrected chi connectivity index (χ0v) is 12.5. The van der Waals surface area contributed by atoms with Crippen molar-refractivity contribution in [2.45, 2.75) is 19.8 Å². The second-order valence-electron chi connectivity index (χ2n) is 5.23. The Hall–Kier alpha value is -2.00. The number of hydrogen-bond acceptors (Lipinski definition) is 2. The maximum atomic E-state index is 13.5. The highest BCUT2D eigenvalue weighted by molar-refractivity contribution is 6.34. The molecule has 0 saturated carbocycles. The van der Waals surface area contributed by atoms with Gasteiger partial charge in [0.25, 0.3) is 0 Å². The highest BCUT2D eigenvalue weighted by Crippen LogP contribution is 2.30. The van der Waals surface area contributed by atoms with Crippen LogP contribution in [0.2, 0.25) is 5.02 Å². The van der Waals surface area contributed by atoms with Crippen molar-refractivity contribution in [2.75, 3.05) is 0 Å². The van der Waals surface area contributed by atoms with Crippen LogP contribution < -0.4 is 0 Å². The lowest BCUT2D eigenvalue weighted by molar-refractivity contribution is 0.628. The van der Waals surface area contributed by atoms with Gasteiger partial charge in [-0.15, -0.1) is 0 Å². The van der Waals surface area contributed by atoms with Gasteiger partial charge >= 0.3 is 0 Å². The van der Waals surface area contributed by atoms with Crippen molar-refractivity contribution in [3.63, 3.8) is 0 Å². The van der Waals surface area contributed by atoms with Crippen molar-refractivity contribution in [3.05, 3.63) is 59.0 Å². The Morgan fingerprint density at radius 1 is 1.05 bits per heavy atom. The van der Waals surface area contributed by atoms with Crippen LogP contribution in [0, 0.1) is 5.82 Å². The molecule has 1 aromatic heterocycles. The predicted octanol–water partition coefficient (Wildman–Crippen LogP) is 5.21. The summed E-state index contributed by atoms with van der Waals surface area (Å²) in [4.78, 5) is 9.32. The van der Waals surface area contributed by atoms with Gasteiger partial charge in [-0.25, -0.2) is 14.4 Å². The molecule has 0 unspecified atom stereocenters. The molecule has 0 aliphatic rings. The van der Waals surface area contributed by atoms with E-state index >= 15 is 0 Å².